The van der Waals surface area contributed by atoms with E-state index in [-0.39, 0.29) is 11.8 Å². The second kappa shape index (κ2) is 7.33. The van der Waals surface area contributed by atoms with Crippen molar-refractivity contribution in [3.63, 3.8) is 0 Å². The summed E-state index contributed by atoms with van der Waals surface area (Å²) in [5, 5.41) is 6.18. The van der Waals surface area contributed by atoms with Crippen molar-refractivity contribution in [3.8, 4) is 0 Å². The van der Waals surface area contributed by atoms with Crippen molar-refractivity contribution in [3.05, 3.63) is 29.8 Å². The standard InChI is InChI=1S/C15H20N2O2S/c1-11(18)12-5-4-6-13(9-12)17-15(19)16-10-14-7-2-3-8-20-14/h4-6,9,14H,2-3,7-8,10H2,1H3,(H2,16,17,19). The molecule has 0 aliphatic carbocycles. The van der Waals surface area contributed by atoms with Gasteiger partial charge in [-0.25, -0.2) is 4.79 Å². The molecule has 4 nitrogen and oxygen atoms in total. The van der Waals surface area contributed by atoms with E-state index < -0.39 is 0 Å². The van der Waals surface area contributed by atoms with Gasteiger partial charge in [0.05, 0.1) is 0 Å². The molecule has 1 aliphatic heterocycles. The SMILES string of the molecule is CC(=O)c1cccc(NC(=O)NCC2CCCCS2)c1. The lowest BCUT2D eigenvalue weighted by Gasteiger charge is -2.21. The summed E-state index contributed by atoms with van der Waals surface area (Å²) >= 11 is 1.93. The minimum Gasteiger partial charge on any atom is -0.337 e. The first kappa shape index (κ1) is 14.9. The molecule has 0 saturated carbocycles. The first-order valence-electron chi connectivity index (χ1n) is 6.92. The van der Waals surface area contributed by atoms with Crippen molar-refractivity contribution >= 4 is 29.3 Å². The van der Waals surface area contributed by atoms with Crippen molar-refractivity contribution in [2.24, 2.45) is 0 Å². The third-order valence-electron chi connectivity index (χ3n) is 3.29. The highest BCUT2D eigenvalue weighted by atomic mass is 32.2. The fraction of sp³-hybridized carbons (Fsp3) is 0.467. The number of rotatable bonds is 4. The molecule has 0 radical (unpaired) electrons. The minimum atomic E-state index is -0.211. The Labute approximate surface area is 123 Å². The van der Waals surface area contributed by atoms with E-state index in [4.69, 9.17) is 0 Å². The Morgan fingerprint density at radius 1 is 1.35 bits per heavy atom. The molecule has 1 unspecified atom stereocenters. The third kappa shape index (κ3) is 4.56. The van der Waals surface area contributed by atoms with Crippen LogP contribution in [0.5, 0.6) is 0 Å². The molecule has 5 heteroatoms. The molecule has 1 aromatic carbocycles. The normalized spacial score (nSPS) is 18.4. The lowest BCUT2D eigenvalue weighted by molar-refractivity contribution is 0.101. The minimum absolute atomic E-state index is 0.00679. The molecule has 1 heterocycles. The van der Waals surface area contributed by atoms with Gasteiger partial charge >= 0.3 is 6.03 Å². The van der Waals surface area contributed by atoms with Crippen molar-refractivity contribution in [2.45, 2.75) is 31.4 Å². The molecule has 1 atom stereocenters. The number of Topliss-reactive ketones (excluding diaryl/α,β-unsaturated/α-hetero) is 1. The zero-order valence-electron chi connectivity index (χ0n) is 11.6. The molecule has 108 valence electrons. The molecule has 20 heavy (non-hydrogen) atoms. The van der Waals surface area contributed by atoms with Gasteiger partial charge in [-0.05, 0) is 37.7 Å². The van der Waals surface area contributed by atoms with Gasteiger partial charge in [0.15, 0.2) is 5.78 Å². The first-order chi connectivity index (χ1) is 9.65. The van der Waals surface area contributed by atoms with E-state index in [0.717, 1.165) is 0 Å². The van der Waals surface area contributed by atoms with Crippen molar-refractivity contribution < 1.29 is 9.59 Å². The van der Waals surface area contributed by atoms with Gasteiger partial charge in [0, 0.05) is 23.0 Å². The van der Waals surface area contributed by atoms with Crippen molar-refractivity contribution in [2.75, 3.05) is 17.6 Å². The molecule has 0 spiro atoms. The van der Waals surface area contributed by atoms with E-state index in [1.54, 1.807) is 24.3 Å². The van der Waals surface area contributed by atoms with E-state index in [9.17, 15) is 9.59 Å². The Bertz CT molecular complexity index is 485. The Morgan fingerprint density at radius 3 is 2.90 bits per heavy atom. The number of anilines is 1. The van der Waals surface area contributed by atoms with Gasteiger partial charge in [-0.2, -0.15) is 11.8 Å². The molecule has 1 fully saturated rings. The molecular formula is C15H20N2O2S. The molecule has 0 bridgehead atoms. The topological polar surface area (TPSA) is 58.2 Å². The van der Waals surface area contributed by atoms with Crippen molar-refractivity contribution in [1.82, 2.24) is 5.32 Å². The predicted octanol–water partition coefficient (Wildman–Crippen LogP) is 3.30. The number of carbonyl (C=O) groups excluding carboxylic acids is 2. The average molecular weight is 292 g/mol. The number of thioether (sulfide) groups is 1. The molecule has 2 rings (SSSR count). The number of amides is 2. The average Bonchev–Trinajstić information content (AvgIpc) is 2.46. The van der Waals surface area contributed by atoms with Crippen LogP contribution in [0, 0.1) is 0 Å². The Hall–Kier alpha value is -1.49. The summed E-state index contributed by atoms with van der Waals surface area (Å²) < 4.78 is 0. The Kier molecular flexibility index (Phi) is 5.47. The van der Waals surface area contributed by atoms with Gasteiger partial charge in [-0.1, -0.05) is 18.6 Å². The van der Waals surface area contributed by atoms with Crippen LogP contribution >= 0.6 is 11.8 Å². The number of hydrogen-bond donors (Lipinski definition) is 2. The summed E-state index contributed by atoms with van der Waals surface area (Å²) in [4.78, 5) is 23.1. The molecule has 1 aromatic rings. The molecule has 2 N–H and O–H groups in total. The number of nitrogens with one attached hydrogen (secondary N) is 2. The third-order valence-corrected chi connectivity index (χ3v) is 4.69. The van der Waals surface area contributed by atoms with Crippen LogP contribution in [-0.2, 0) is 0 Å². The summed E-state index contributed by atoms with van der Waals surface area (Å²) in [6, 6.07) is 6.77. The van der Waals surface area contributed by atoms with Crippen LogP contribution in [0.15, 0.2) is 24.3 Å². The number of carbonyl (C=O) groups is 2. The van der Waals surface area contributed by atoms with Gasteiger partial charge in [-0.15, -0.1) is 0 Å². The fourth-order valence-electron chi connectivity index (χ4n) is 2.17. The van der Waals surface area contributed by atoms with Crippen LogP contribution in [0.2, 0.25) is 0 Å². The molecule has 0 aromatic heterocycles. The van der Waals surface area contributed by atoms with Gasteiger partial charge in [0.2, 0.25) is 0 Å². The largest absolute Gasteiger partial charge is 0.337 e. The molecule has 1 aliphatic rings. The number of hydrogen-bond acceptors (Lipinski definition) is 3. The number of benzene rings is 1. The molecule has 2 amide bonds. The summed E-state index contributed by atoms with van der Waals surface area (Å²) in [7, 11) is 0. The smallest absolute Gasteiger partial charge is 0.319 e. The quantitative estimate of drug-likeness (QED) is 0.837. The maximum absolute atomic E-state index is 11.8. The zero-order chi connectivity index (χ0) is 14.4. The van der Waals surface area contributed by atoms with Crippen LogP contribution < -0.4 is 10.6 Å². The Morgan fingerprint density at radius 2 is 2.20 bits per heavy atom. The maximum atomic E-state index is 11.8. The van der Waals surface area contributed by atoms with Gasteiger partial charge < -0.3 is 10.6 Å². The Balaban J connectivity index is 1.81. The monoisotopic (exact) mass is 292 g/mol. The summed E-state index contributed by atoms with van der Waals surface area (Å²) in [5.74, 6) is 1.18. The van der Waals surface area contributed by atoms with Gasteiger partial charge in [0.25, 0.3) is 0 Å². The first-order valence-corrected chi connectivity index (χ1v) is 7.97. The fourth-order valence-corrected chi connectivity index (χ4v) is 3.40. The van der Waals surface area contributed by atoms with E-state index in [2.05, 4.69) is 10.6 Å². The lowest BCUT2D eigenvalue weighted by atomic mass is 10.1. The van der Waals surface area contributed by atoms with Crippen molar-refractivity contribution in [1.29, 1.82) is 0 Å². The zero-order valence-corrected chi connectivity index (χ0v) is 12.5. The van der Waals surface area contributed by atoms with Crippen LogP contribution in [0.3, 0.4) is 0 Å². The second-order valence-electron chi connectivity index (χ2n) is 4.96. The van der Waals surface area contributed by atoms with Gasteiger partial charge in [-0.3, -0.25) is 4.79 Å². The van der Waals surface area contributed by atoms with E-state index in [1.807, 2.05) is 11.8 Å². The lowest BCUT2D eigenvalue weighted by Crippen LogP contribution is -2.35. The maximum Gasteiger partial charge on any atom is 0.319 e. The van der Waals surface area contributed by atoms with Crippen LogP contribution in [0.25, 0.3) is 0 Å². The summed E-state index contributed by atoms with van der Waals surface area (Å²) in [6.07, 6.45) is 3.71. The molecular weight excluding hydrogens is 272 g/mol. The highest BCUT2D eigenvalue weighted by molar-refractivity contribution is 7.99. The van der Waals surface area contributed by atoms with Crippen LogP contribution in [0.1, 0.15) is 36.5 Å². The summed E-state index contributed by atoms with van der Waals surface area (Å²) in [6.45, 7) is 2.21. The van der Waals surface area contributed by atoms with E-state index in [0.29, 0.717) is 23.0 Å². The second-order valence-corrected chi connectivity index (χ2v) is 6.37. The summed E-state index contributed by atoms with van der Waals surface area (Å²) in [5.41, 5.74) is 1.25. The van der Waals surface area contributed by atoms with E-state index >= 15 is 0 Å². The highest BCUT2D eigenvalue weighted by Gasteiger charge is 2.14. The van der Waals surface area contributed by atoms with E-state index in [1.165, 1.54) is 31.9 Å². The van der Waals surface area contributed by atoms with Crippen LogP contribution in [0.4, 0.5) is 10.5 Å². The highest BCUT2D eigenvalue weighted by Crippen LogP contribution is 2.24. The predicted molar refractivity (Wildman–Crippen MR) is 83.6 cm³/mol. The number of ketones is 1. The number of urea groups is 1. The molecule has 1 saturated heterocycles. The van der Waals surface area contributed by atoms with Crippen LogP contribution in [-0.4, -0.2) is 29.4 Å². The van der Waals surface area contributed by atoms with Gasteiger partial charge in [0.1, 0.15) is 0 Å².